The highest BCUT2D eigenvalue weighted by Gasteiger charge is 2.18. The molecule has 0 unspecified atom stereocenters. The molecular formula is C21H22N6O3S. The van der Waals surface area contributed by atoms with Gasteiger partial charge in [0.2, 0.25) is 5.91 Å². The predicted octanol–water partition coefficient (Wildman–Crippen LogP) is 3.84. The molecular weight excluding hydrogens is 416 g/mol. The van der Waals surface area contributed by atoms with E-state index in [-0.39, 0.29) is 23.0 Å². The van der Waals surface area contributed by atoms with Gasteiger partial charge in [-0.15, -0.1) is 16.8 Å². The monoisotopic (exact) mass is 438 g/mol. The number of nitro benzene ring substituents is 1. The van der Waals surface area contributed by atoms with Gasteiger partial charge in [0.05, 0.1) is 10.7 Å². The summed E-state index contributed by atoms with van der Waals surface area (Å²) < 4.78 is 1.88. The molecule has 2 aromatic carbocycles. The first kappa shape index (κ1) is 22.0. The first-order valence-corrected chi connectivity index (χ1v) is 10.4. The number of allylic oxidation sites excluding steroid dienone is 1. The number of hydrogen-bond donors (Lipinski definition) is 1. The van der Waals surface area contributed by atoms with Crippen molar-refractivity contribution in [3.63, 3.8) is 0 Å². The van der Waals surface area contributed by atoms with Gasteiger partial charge in [-0.2, -0.15) is 0 Å². The van der Waals surface area contributed by atoms with Crippen molar-refractivity contribution in [3.8, 4) is 11.4 Å². The van der Waals surface area contributed by atoms with Crippen LogP contribution in [0.3, 0.4) is 0 Å². The molecule has 1 heterocycles. The van der Waals surface area contributed by atoms with Crippen LogP contribution in [-0.2, 0) is 11.3 Å². The molecule has 10 heteroatoms. The van der Waals surface area contributed by atoms with Gasteiger partial charge in [-0.25, -0.2) is 0 Å². The molecule has 1 aromatic heterocycles. The first-order chi connectivity index (χ1) is 14.9. The zero-order valence-electron chi connectivity index (χ0n) is 17.2. The van der Waals surface area contributed by atoms with Crippen molar-refractivity contribution in [2.24, 2.45) is 0 Å². The summed E-state index contributed by atoms with van der Waals surface area (Å²) >= 11 is 1.20. The number of thioether (sulfide) groups is 1. The fraction of sp³-hybridized carbons (Fsp3) is 0.190. The van der Waals surface area contributed by atoms with Crippen LogP contribution in [0.5, 0.6) is 0 Å². The van der Waals surface area contributed by atoms with Gasteiger partial charge in [0, 0.05) is 38.0 Å². The van der Waals surface area contributed by atoms with Crippen LogP contribution in [0.4, 0.5) is 17.1 Å². The SMILES string of the molecule is C=CCn1c(SCC(=O)Nc2ccccc2[N+](=O)[O-])nnc1-c1ccc(N(C)C)cc1. The van der Waals surface area contributed by atoms with Crippen LogP contribution >= 0.6 is 11.8 Å². The average Bonchev–Trinajstić information content (AvgIpc) is 3.15. The third-order valence-electron chi connectivity index (χ3n) is 4.38. The molecule has 0 saturated carbocycles. The van der Waals surface area contributed by atoms with Crippen LogP contribution < -0.4 is 10.2 Å². The predicted molar refractivity (Wildman–Crippen MR) is 122 cm³/mol. The lowest BCUT2D eigenvalue weighted by molar-refractivity contribution is -0.383. The van der Waals surface area contributed by atoms with Crippen LogP contribution in [0.1, 0.15) is 0 Å². The van der Waals surface area contributed by atoms with E-state index in [1.54, 1.807) is 18.2 Å². The maximum Gasteiger partial charge on any atom is 0.292 e. The quantitative estimate of drug-likeness (QED) is 0.234. The van der Waals surface area contributed by atoms with Crippen LogP contribution in [0.2, 0.25) is 0 Å². The second-order valence-corrected chi connectivity index (χ2v) is 7.70. The second kappa shape index (κ2) is 9.90. The minimum Gasteiger partial charge on any atom is -0.378 e. The Bertz CT molecular complexity index is 1090. The molecule has 0 aliphatic heterocycles. The number of benzene rings is 2. The number of carbonyl (C=O) groups is 1. The van der Waals surface area contributed by atoms with Crippen molar-refractivity contribution in [1.82, 2.24) is 14.8 Å². The van der Waals surface area contributed by atoms with Gasteiger partial charge in [0.25, 0.3) is 5.69 Å². The van der Waals surface area contributed by atoms with Gasteiger partial charge in [0.1, 0.15) is 5.69 Å². The Morgan fingerprint density at radius 1 is 1.23 bits per heavy atom. The maximum atomic E-state index is 12.4. The molecule has 9 nitrogen and oxygen atoms in total. The minimum atomic E-state index is -0.530. The van der Waals surface area contributed by atoms with Crippen molar-refractivity contribution >= 4 is 34.7 Å². The van der Waals surface area contributed by atoms with E-state index in [1.165, 1.54) is 23.9 Å². The number of carbonyl (C=O) groups excluding carboxylic acids is 1. The Hall–Kier alpha value is -3.66. The molecule has 0 bridgehead atoms. The van der Waals surface area contributed by atoms with E-state index in [0.29, 0.717) is 17.5 Å². The number of nitro groups is 1. The average molecular weight is 439 g/mol. The Morgan fingerprint density at radius 3 is 2.58 bits per heavy atom. The summed E-state index contributed by atoms with van der Waals surface area (Å²) in [5.74, 6) is 0.331. The largest absolute Gasteiger partial charge is 0.378 e. The van der Waals surface area contributed by atoms with E-state index >= 15 is 0 Å². The fourth-order valence-corrected chi connectivity index (χ4v) is 3.61. The van der Waals surface area contributed by atoms with Crippen LogP contribution in [0, 0.1) is 10.1 Å². The summed E-state index contributed by atoms with van der Waals surface area (Å²) in [5, 5.41) is 22.8. The summed E-state index contributed by atoms with van der Waals surface area (Å²) in [4.78, 5) is 25.0. The molecule has 1 amide bonds. The Balaban J connectivity index is 1.74. The van der Waals surface area contributed by atoms with Crippen molar-refractivity contribution in [2.45, 2.75) is 11.7 Å². The molecule has 0 aliphatic carbocycles. The summed E-state index contributed by atoms with van der Waals surface area (Å²) in [6, 6.07) is 13.9. The van der Waals surface area contributed by atoms with E-state index in [1.807, 2.05) is 47.8 Å². The van der Waals surface area contributed by atoms with Crippen molar-refractivity contribution in [1.29, 1.82) is 0 Å². The molecule has 0 atom stereocenters. The molecule has 0 radical (unpaired) electrons. The third kappa shape index (κ3) is 5.28. The number of para-hydroxylation sites is 2. The highest BCUT2D eigenvalue weighted by atomic mass is 32.2. The normalized spacial score (nSPS) is 10.5. The molecule has 0 fully saturated rings. The molecule has 3 aromatic rings. The Morgan fingerprint density at radius 2 is 1.94 bits per heavy atom. The van der Waals surface area contributed by atoms with Crippen LogP contribution in [0.25, 0.3) is 11.4 Å². The number of nitrogens with zero attached hydrogens (tertiary/aromatic N) is 5. The number of hydrogen-bond acceptors (Lipinski definition) is 7. The lowest BCUT2D eigenvalue weighted by Gasteiger charge is -2.13. The first-order valence-electron chi connectivity index (χ1n) is 9.38. The Labute approximate surface area is 183 Å². The van der Waals surface area contributed by atoms with E-state index in [4.69, 9.17) is 0 Å². The highest BCUT2D eigenvalue weighted by Crippen LogP contribution is 2.27. The van der Waals surface area contributed by atoms with Gasteiger partial charge in [-0.1, -0.05) is 30.0 Å². The van der Waals surface area contributed by atoms with Crippen molar-refractivity contribution < 1.29 is 9.72 Å². The van der Waals surface area contributed by atoms with Crippen molar-refractivity contribution in [2.75, 3.05) is 30.1 Å². The van der Waals surface area contributed by atoms with Gasteiger partial charge in [0.15, 0.2) is 11.0 Å². The minimum absolute atomic E-state index is 0.0287. The molecule has 0 aliphatic rings. The number of rotatable bonds is 9. The summed E-state index contributed by atoms with van der Waals surface area (Å²) in [5.41, 5.74) is 1.97. The molecule has 0 spiro atoms. The van der Waals surface area contributed by atoms with Gasteiger partial charge >= 0.3 is 0 Å². The van der Waals surface area contributed by atoms with E-state index in [2.05, 4.69) is 22.1 Å². The topological polar surface area (TPSA) is 106 Å². The smallest absolute Gasteiger partial charge is 0.292 e. The molecule has 1 N–H and O–H groups in total. The van der Waals surface area contributed by atoms with E-state index < -0.39 is 4.92 Å². The van der Waals surface area contributed by atoms with E-state index in [9.17, 15) is 14.9 Å². The molecule has 3 rings (SSSR count). The lowest BCUT2D eigenvalue weighted by atomic mass is 10.2. The standard InChI is InChI=1S/C21H22N6O3S/c1-4-13-26-20(15-9-11-16(12-10-15)25(2)3)23-24-21(26)31-14-19(28)22-17-7-5-6-8-18(17)27(29)30/h4-12H,1,13-14H2,2-3H3,(H,22,28). The molecule has 160 valence electrons. The van der Waals surface area contributed by atoms with Crippen molar-refractivity contribution in [3.05, 3.63) is 71.3 Å². The lowest BCUT2D eigenvalue weighted by Crippen LogP contribution is -2.15. The van der Waals surface area contributed by atoms with E-state index in [0.717, 1.165) is 11.3 Å². The van der Waals surface area contributed by atoms with Gasteiger partial charge in [-0.3, -0.25) is 19.5 Å². The highest BCUT2D eigenvalue weighted by molar-refractivity contribution is 7.99. The summed E-state index contributed by atoms with van der Waals surface area (Å²) in [7, 11) is 3.94. The summed E-state index contributed by atoms with van der Waals surface area (Å²) in [6.07, 6.45) is 1.73. The van der Waals surface area contributed by atoms with Crippen LogP contribution in [-0.4, -0.2) is 45.4 Å². The third-order valence-corrected chi connectivity index (χ3v) is 5.34. The zero-order valence-corrected chi connectivity index (χ0v) is 18.0. The number of nitrogens with one attached hydrogen (secondary N) is 1. The second-order valence-electron chi connectivity index (χ2n) is 6.76. The van der Waals surface area contributed by atoms with Crippen LogP contribution in [0.15, 0.2) is 66.3 Å². The maximum absolute atomic E-state index is 12.4. The number of anilines is 2. The Kier molecular flexibility index (Phi) is 7.03. The molecule has 0 saturated heterocycles. The van der Waals surface area contributed by atoms with Gasteiger partial charge in [-0.05, 0) is 30.3 Å². The zero-order chi connectivity index (χ0) is 22.4. The number of amides is 1. The fourth-order valence-electron chi connectivity index (χ4n) is 2.87. The van der Waals surface area contributed by atoms with Gasteiger partial charge < -0.3 is 10.2 Å². The number of aromatic nitrogens is 3. The summed E-state index contributed by atoms with van der Waals surface area (Å²) in [6.45, 7) is 4.27. The molecule has 31 heavy (non-hydrogen) atoms.